The zero-order valence-corrected chi connectivity index (χ0v) is 12.2. The Morgan fingerprint density at radius 1 is 1.47 bits per heavy atom. The lowest BCUT2D eigenvalue weighted by Gasteiger charge is -2.12. The summed E-state index contributed by atoms with van der Waals surface area (Å²) in [6.45, 7) is 6.07. The molecule has 0 aromatic carbocycles. The fourth-order valence-corrected chi connectivity index (χ4v) is 2.33. The van der Waals surface area contributed by atoms with E-state index >= 15 is 0 Å². The molecule has 1 unspecified atom stereocenters. The molecule has 0 fully saturated rings. The van der Waals surface area contributed by atoms with Gasteiger partial charge in [-0.3, -0.25) is 0 Å². The molecule has 1 atom stereocenters. The minimum atomic E-state index is -3.82. The Morgan fingerprint density at radius 2 is 2.11 bits per heavy atom. The molecule has 0 saturated heterocycles. The number of nitrogens with zero attached hydrogens (tertiary/aromatic N) is 1. The van der Waals surface area contributed by atoms with E-state index in [-0.39, 0.29) is 16.7 Å². The molecule has 108 valence electrons. The predicted octanol–water partition coefficient (Wildman–Crippen LogP) is 1.50. The van der Waals surface area contributed by atoms with Crippen LogP contribution in [0.5, 0.6) is 0 Å². The molecule has 6 nitrogen and oxygen atoms in total. The lowest BCUT2D eigenvalue weighted by atomic mass is 10.2. The van der Waals surface area contributed by atoms with Crippen LogP contribution in [0.1, 0.15) is 44.1 Å². The van der Waals surface area contributed by atoms with Gasteiger partial charge in [-0.15, -0.1) is 0 Å². The number of aromatic nitrogens is 1. The maximum atomic E-state index is 12.0. The van der Waals surface area contributed by atoms with Gasteiger partial charge in [0.25, 0.3) is 0 Å². The minimum Gasteiger partial charge on any atom is -0.458 e. The number of carbonyl (C=O) groups is 1. The Hall–Kier alpha value is -1.34. The highest BCUT2D eigenvalue weighted by molar-refractivity contribution is 7.89. The molecule has 0 radical (unpaired) electrons. The summed E-state index contributed by atoms with van der Waals surface area (Å²) in [4.78, 5) is 11.9. The number of nitrogens with two attached hydrogens (primary N) is 1. The third-order valence-electron chi connectivity index (χ3n) is 2.75. The van der Waals surface area contributed by atoms with Gasteiger partial charge in [0.05, 0.1) is 6.10 Å². The zero-order valence-electron chi connectivity index (χ0n) is 11.4. The normalized spacial score (nSPS) is 13.3. The van der Waals surface area contributed by atoms with E-state index in [1.165, 1.54) is 16.8 Å². The highest BCUT2D eigenvalue weighted by atomic mass is 32.2. The second-order valence-corrected chi connectivity index (χ2v) is 5.96. The zero-order chi connectivity index (χ0) is 14.6. The molecular weight excluding hydrogens is 268 g/mol. The van der Waals surface area contributed by atoms with Crippen molar-refractivity contribution in [2.45, 2.75) is 51.2 Å². The van der Waals surface area contributed by atoms with Gasteiger partial charge in [-0.1, -0.05) is 13.3 Å². The topological polar surface area (TPSA) is 91.4 Å². The van der Waals surface area contributed by atoms with E-state index in [4.69, 9.17) is 9.88 Å². The average Bonchev–Trinajstić information content (AvgIpc) is 2.72. The number of esters is 1. The maximum absolute atomic E-state index is 12.0. The second kappa shape index (κ2) is 6.21. The third kappa shape index (κ3) is 4.07. The second-order valence-electron chi connectivity index (χ2n) is 4.40. The molecule has 1 rings (SSSR count). The van der Waals surface area contributed by atoms with Crippen molar-refractivity contribution < 1.29 is 17.9 Å². The first kappa shape index (κ1) is 15.7. The summed E-state index contributed by atoms with van der Waals surface area (Å²) < 4.78 is 29.3. The molecule has 0 spiro atoms. The van der Waals surface area contributed by atoms with Crippen LogP contribution >= 0.6 is 0 Å². The van der Waals surface area contributed by atoms with Gasteiger partial charge in [-0.2, -0.15) is 0 Å². The van der Waals surface area contributed by atoms with Crippen molar-refractivity contribution in [3.05, 3.63) is 18.0 Å². The van der Waals surface area contributed by atoms with Crippen molar-refractivity contribution in [3.63, 3.8) is 0 Å². The van der Waals surface area contributed by atoms with Gasteiger partial charge in [0, 0.05) is 12.7 Å². The Kier molecular flexibility index (Phi) is 5.13. The lowest BCUT2D eigenvalue weighted by Crippen LogP contribution is -2.17. The van der Waals surface area contributed by atoms with Crippen LogP contribution < -0.4 is 5.14 Å². The van der Waals surface area contributed by atoms with Crippen molar-refractivity contribution in [2.24, 2.45) is 5.14 Å². The fraction of sp³-hybridized carbons (Fsp3) is 0.583. The van der Waals surface area contributed by atoms with Gasteiger partial charge in [-0.05, 0) is 26.3 Å². The molecule has 19 heavy (non-hydrogen) atoms. The Labute approximate surface area is 113 Å². The van der Waals surface area contributed by atoms with Gasteiger partial charge in [0.1, 0.15) is 10.6 Å². The van der Waals surface area contributed by atoms with E-state index < -0.39 is 16.0 Å². The number of primary sulfonamides is 1. The van der Waals surface area contributed by atoms with Gasteiger partial charge in [0.2, 0.25) is 10.0 Å². The molecule has 0 aliphatic heterocycles. The molecule has 0 aliphatic rings. The van der Waals surface area contributed by atoms with Crippen LogP contribution in [0.2, 0.25) is 0 Å². The highest BCUT2D eigenvalue weighted by Gasteiger charge is 2.20. The number of rotatable bonds is 6. The Morgan fingerprint density at radius 3 is 2.58 bits per heavy atom. The van der Waals surface area contributed by atoms with E-state index in [9.17, 15) is 13.2 Å². The van der Waals surface area contributed by atoms with E-state index in [0.29, 0.717) is 6.54 Å². The molecule has 1 heterocycles. The van der Waals surface area contributed by atoms with E-state index in [1.807, 2.05) is 6.92 Å². The summed E-state index contributed by atoms with van der Waals surface area (Å²) in [6.07, 6.45) is 2.82. The Bertz CT molecular complexity index is 548. The van der Waals surface area contributed by atoms with Gasteiger partial charge >= 0.3 is 5.97 Å². The van der Waals surface area contributed by atoms with E-state index in [1.54, 1.807) is 13.8 Å². The monoisotopic (exact) mass is 288 g/mol. The van der Waals surface area contributed by atoms with Crippen molar-refractivity contribution in [2.75, 3.05) is 0 Å². The molecule has 7 heteroatoms. The summed E-state index contributed by atoms with van der Waals surface area (Å²) in [5, 5.41) is 5.05. The fourth-order valence-electron chi connectivity index (χ4n) is 1.78. The first-order valence-electron chi connectivity index (χ1n) is 6.23. The highest BCUT2D eigenvalue weighted by Crippen LogP contribution is 2.15. The van der Waals surface area contributed by atoms with E-state index in [2.05, 4.69) is 0 Å². The maximum Gasteiger partial charge on any atom is 0.355 e. The predicted molar refractivity (Wildman–Crippen MR) is 71.3 cm³/mol. The standard InChI is InChI=1S/C12H20N2O4S/c1-4-6-9(3)18-12(15)11-7-10(19(13,16)17)8-14(11)5-2/h7-9H,4-6H2,1-3H3,(H2,13,16,17). The van der Waals surface area contributed by atoms with Crippen LogP contribution in [0.3, 0.4) is 0 Å². The first-order chi connectivity index (χ1) is 8.79. The Balaban J connectivity index is 2.99. The van der Waals surface area contributed by atoms with Crippen LogP contribution in [0.25, 0.3) is 0 Å². The minimum absolute atomic E-state index is 0.0792. The average molecular weight is 288 g/mol. The lowest BCUT2D eigenvalue weighted by molar-refractivity contribution is 0.0311. The van der Waals surface area contributed by atoms with Crippen molar-refractivity contribution >= 4 is 16.0 Å². The molecule has 1 aromatic heterocycles. The summed E-state index contributed by atoms with van der Waals surface area (Å²) in [5.74, 6) is -0.530. The number of aryl methyl sites for hydroxylation is 1. The first-order valence-corrected chi connectivity index (χ1v) is 7.78. The summed E-state index contributed by atoms with van der Waals surface area (Å²) in [6, 6.07) is 1.25. The number of ether oxygens (including phenoxy) is 1. The molecule has 0 amide bonds. The van der Waals surface area contributed by atoms with Crippen LogP contribution in [0, 0.1) is 0 Å². The van der Waals surface area contributed by atoms with Crippen LogP contribution in [0.4, 0.5) is 0 Å². The van der Waals surface area contributed by atoms with Crippen molar-refractivity contribution in [3.8, 4) is 0 Å². The van der Waals surface area contributed by atoms with Crippen LogP contribution in [0.15, 0.2) is 17.2 Å². The molecular formula is C12H20N2O4S. The molecule has 0 bridgehead atoms. The van der Waals surface area contributed by atoms with Crippen molar-refractivity contribution in [1.29, 1.82) is 0 Å². The smallest absolute Gasteiger partial charge is 0.355 e. The quantitative estimate of drug-likeness (QED) is 0.803. The molecule has 1 aromatic rings. The van der Waals surface area contributed by atoms with Gasteiger partial charge in [0.15, 0.2) is 0 Å². The largest absolute Gasteiger partial charge is 0.458 e. The number of carbonyl (C=O) groups excluding carboxylic acids is 1. The number of hydrogen-bond acceptors (Lipinski definition) is 4. The van der Waals surface area contributed by atoms with Crippen molar-refractivity contribution in [1.82, 2.24) is 4.57 Å². The SMILES string of the molecule is CCCC(C)OC(=O)c1cc(S(N)(=O)=O)cn1CC. The molecule has 0 aliphatic carbocycles. The van der Waals surface area contributed by atoms with Crippen LogP contribution in [-0.4, -0.2) is 25.1 Å². The number of hydrogen-bond donors (Lipinski definition) is 1. The summed E-state index contributed by atoms with van der Waals surface area (Å²) in [7, 11) is -3.82. The summed E-state index contributed by atoms with van der Waals surface area (Å²) in [5.41, 5.74) is 0.203. The third-order valence-corrected chi connectivity index (χ3v) is 3.63. The van der Waals surface area contributed by atoms with Gasteiger partial charge < -0.3 is 9.30 Å². The van der Waals surface area contributed by atoms with Crippen LogP contribution in [-0.2, 0) is 21.3 Å². The number of sulfonamides is 1. The summed E-state index contributed by atoms with van der Waals surface area (Å²) >= 11 is 0. The molecule has 0 saturated carbocycles. The van der Waals surface area contributed by atoms with E-state index in [0.717, 1.165) is 12.8 Å². The molecule has 2 N–H and O–H groups in total. The van der Waals surface area contributed by atoms with Gasteiger partial charge in [-0.25, -0.2) is 18.4 Å².